The Kier molecular flexibility index (Phi) is 3.97. The number of methoxy groups -OCH3 is 1. The molecule has 2 aromatic carbocycles. The fraction of sp³-hybridized carbons (Fsp3) is 0.235. The fourth-order valence-electron chi connectivity index (χ4n) is 2.64. The van der Waals surface area contributed by atoms with Gasteiger partial charge in [0.25, 0.3) is 0 Å². The zero-order chi connectivity index (χ0) is 14.8. The number of hydrogen-bond acceptors (Lipinski definition) is 3. The van der Waals surface area contributed by atoms with Crippen molar-refractivity contribution in [1.82, 2.24) is 0 Å². The lowest BCUT2D eigenvalue weighted by Gasteiger charge is -2.09. The molecular formula is C17H16BrNO2. The number of nitrogens with one attached hydrogen (secondary N) is 1. The molecule has 21 heavy (non-hydrogen) atoms. The monoisotopic (exact) mass is 345 g/mol. The van der Waals surface area contributed by atoms with Crippen LogP contribution in [0.25, 0.3) is 0 Å². The molecule has 0 aliphatic carbocycles. The quantitative estimate of drug-likeness (QED) is 0.855. The van der Waals surface area contributed by atoms with Gasteiger partial charge in [-0.15, -0.1) is 0 Å². The van der Waals surface area contributed by atoms with Crippen molar-refractivity contribution in [3.05, 3.63) is 57.6 Å². The smallest absolute Gasteiger partial charge is 0.167 e. The van der Waals surface area contributed by atoms with Gasteiger partial charge in [0.15, 0.2) is 5.78 Å². The van der Waals surface area contributed by atoms with Crippen molar-refractivity contribution < 1.29 is 9.53 Å². The Balaban J connectivity index is 1.85. The van der Waals surface area contributed by atoms with Crippen LogP contribution >= 0.6 is 15.9 Å². The first-order valence-electron chi connectivity index (χ1n) is 6.90. The number of carbonyl (C=O) groups is 1. The Labute approximate surface area is 132 Å². The molecule has 1 heterocycles. The van der Waals surface area contributed by atoms with Crippen LogP contribution in [0.4, 0.5) is 5.69 Å². The third-order valence-corrected chi connectivity index (χ3v) is 4.22. The van der Waals surface area contributed by atoms with Gasteiger partial charge in [-0.3, -0.25) is 4.79 Å². The van der Waals surface area contributed by atoms with Gasteiger partial charge in [0.2, 0.25) is 0 Å². The van der Waals surface area contributed by atoms with E-state index in [1.807, 2.05) is 36.4 Å². The van der Waals surface area contributed by atoms with Gasteiger partial charge in [0, 0.05) is 34.3 Å². The normalized spacial score (nSPS) is 12.7. The molecule has 4 heteroatoms. The van der Waals surface area contributed by atoms with Crippen LogP contribution in [0.15, 0.2) is 40.9 Å². The lowest BCUT2D eigenvalue weighted by atomic mass is 10.00. The SMILES string of the molecule is COc1ccc(Br)cc1CC(=O)c1ccc2c(c1)CCN2. The molecule has 0 unspecified atom stereocenters. The van der Waals surface area contributed by atoms with Gasteiger partial charge in [-0.2, -0.15) is 0 Å². The summed E-state index contributed by atoms with van der Waals surface area (Å²) in [7, 11) is 1.62. The van der Waals surface area contributed by atoms with Crippen LogP contribution in [0.3, 0.4) is 0 Å². The summed E-state index contributed by atoms with van der Waals surface area (Å²) in [6, 6.07) is 11.6. The highest BCUT2D eigenvalue weighted by atomic mass is 79.9. The van der Waals surface area contributed by atoms with Gasteiger partial charge in [0.1, 0.15) is 5.75 Å². The Morgan fingerprint density at radius 2 is 2.14 bits per heavy atom. The second-order valence-electron chi connectivity index (χ2n) is 5.10. The molecule has 0 saturated carbocycles. The molecule has 2 aromatic rings. The maximum Gasteiger partial charge on any atom is 0.167 e. The summed E-state index contributed by atoms with van der Waals surface area (Å²) in [6.07, 6.45) is 1.32. The molecule has 0 atom stereocenters. The van der Waals surface area contributed by atoms with E-state index in [0.29, 0.717) is 6.42 Å². The summed E-state index contributed by atoms with van der Waals surface area (Å²) >= 11 is 3.44. The minimum Gasteiger partial charge on any atom is -0.496 e. The molecule has 1 aliphatic rings. The molecule has 108 valence electrons. The maximum atomic E-state index is 12.5. The first-order valence-corrected chi connectivity index (χ1v) is 7.69. The van der Waals surface area contributed by atoms with Crippen LogP contribution in [0.2, 0.25) is 0 Å². The van der Waals surface area contributed by atoms with Crippen LogP contribution in [0.5, 0.6) is 5.75 Å². The highest BCUT2D eigenvalue weighted by Crippen LogP contribution is 2.26. The van der Waals surface area contributed by atoms with Gasteiger partial charge < -0.3 is 10.1 Å². The van der Waals surface area contributed by atoms with Crippen molar-refractivity contribution >= 4 is 27.4 Å². The maximum absolute atomic E-state index is 12.5. The minimum absolute atomic E-state index is 0.112. The number of ether oxygens (including phenoxy) is 1. The molecule has 1 N–H and O–H groups in total. The van der Waals surface area contributed by atoms with E-state index < -0.39 is 0 Å². The van der Waals surface area contributed by atoms with E-state index in [-0.39, 0.29) is 5.78 Å². The second kappa shape index (κ2) is 5.90. The Hall–Kier alpha value is -1.81. The summed E-state index contributed by atoms with van der Waals surface area (Å²) < 4.78 is 6.28. The van der Waals surface area contributed by atoms with Crippen LogP contribution in [-0.2, 0) is 12.8 Å². The topological polar surface area (TPSA) is 38.3 Å². The Morgan fingerprint density at radius 3 is 2.95 bits per heavy atom. The first-order chi connectivity index (χ1) is 10.2. The summed E-state index contributed by atoms with van der Waals surface area (Å²) in [5.74, 6) is 0.857. The predicted molar refractivity (Wildman–Crippen MR) is 87.4 cm³/mol. The van der Waals surface area contributed by atoms with Crippen molar-refractivity contribution in [2.45, 2.75) is 12.8 Å². The van der Waals surface area contributed by atoms with Crippen molar-refractivity contribution in [1.29, 1.82) is 0 Å². The van der Waals surface area contributed by atoms with Gasteiger partial charge in [-0.25, -0.2) is 0 Å². The molecular weight excluding hydrogens is 330 g/mol. The molecule has 0 fully saturated rings. The van der Waals surface area contributed by atoms with E-state index >= 15 is 0 Å². The van der Waals surface area contributed by atoms with Gasteiger partial charge >= 0.3 is 0 Å². The fourth-order valence-corrected chi connectivity index (χ4v) is 3.05. The average Bonchev–Trinajstić information content (AvgIpc) is 2.94. The van der Waals surface area contributed by atoms with Crippen LogP contribution in [0, 0.1) is 0 Å². The molecule has 0 saturated heterocycles. The summed E-state index contributed by atoms with van der Waals surface area (Å²) in [5, 5.41) is 3.30. The number of carbonyl (C=O) groups excluding carboxylic acids is 1. The molecule has 0 bridgehead atoms. The molecule has 0 radical (unpaired) electrons. The summed E-state index contributed by atoms with van der Waals surface area (Å²) in [4.78, 5) is 12.5. The lowest BCUT2D eigenvalue weighted by molar-refractivity contribution is 0.0992. The zero-order valence-corrected chi connectivity index (χ0v) is 13.4. The molecule has 3 rings (SSSR count). The van der Waals surface area contributed by atoms with E-state index in [4.69, 9.17) is 4.74 Å². The molecule has 0 amide bonds. The number of Topliss-reactive ketones (excluding diaryl/α,β-unsaturated/α-hetero) is 1. The molecule has 3 nitrogen and oxygen atoms in total. The third kappa shape index (κ3) is 2.95. The number of benzene rings is 2. The number of fused-ring (bicyclic) bond motifs is 1. The van der Waals surface area contributed by atoms with E-state index in [9.17, 15) is 4.79 Å². The molecule has 0 aromatic heterocycles. The number of rotatable bonds is 4. The van der Waals surface area contributed by atoms with E-state index in [0.717, 1.165) is 40.0 Å². The minimum atomic E-state index is 0.112. The van der Waals surface area contributed by atoms with Crippen LogP contribution in [0.1, 0.15) is 21.5 Å². The summed E-state index contributed by atoms with van der Waals surface area (Å²) in [5.41, 5.74) is 4.03. The third-order valence-electron chi connectivity index (χ3n) is 3.73. The van der Waals surface area contributed by atoms with Gasteiger partial charge in [0.05, 0.1) is 7.11 Å². The van der Waals surface area contributed by atoms with E-state index in [1.54, 1.807) is 7.11 Å². The standard InChI is InChI=1S/C17H16BrNO2/c1-21-17-5-3-14(18)9-13(17)10-16(20)12-2-4-15-11(8-12)6-7-19-15/h2-5,8-9,19H,6-7,10H2,1H3. The number of anilines is 1. The van der Waals surface area contributed by atoms with Crippen molar-refractivity contribution in [2.75, 3.05) is 19.0 Å². The predicted octanol–water partition coefficient (Wildman–Crippen LogP) is 3.85. The second-order valence-corrected chi connectivity index (χ2v) is 6.02. The van der Waals surface area contributed by atoms with E-state index in [2.05, 4.69) is 21.2 Å². The first kappa shape index (κ1) is 14.1. The summed E-state index contributed by atoms with van der Waals surface area (Å²) in [6.45, 7) is 0.951. The van der Waals surface area contributed by atoms with Crippen LogP contribution in [-0.4, -0.2) is 19.4 Å². The largest absolute Gasteiger partial charge is 0.496 e. The number of ketones is 1. The Bertz CT molecular complexity index is 697. The average molecular weight is 346 g/mol. The highest BCUT2D eigenvalue weighted by Gasteiger charge is 2.15. The molecule has 1 aliphatic heterocycles. The molecule has 0 spiro atoms. The number of hydrogen-bond donors (Lipinski definition) is 1. The van der Waals surface area contributed by atoms with E-state index in [1.165, 1.54) is 5.56 Å². The lowest BCUT2D eigenvalue weighted by Crippen LogP contribution is -2.05. The van der Waals surface area contributed by atoms with Crippen molar-refractivity contribution in [3.63, 3.8) is 0 Å². The van der Waals surface area contributed by atoms with Crippen LogP contribution < -0.4 is 10.1 Å². The zero-order valence-electron chi connectivity index (χ0n) is 11.8. The van der Waals surface area contributed by atoms with Crippen molar-refractivity contribution in [3.8, 4) is 5.75 Å². The Morgan fingerprint density at radius 1 is 1.29 bits per heavy atom. The van der Waals surface area contributed by atoms with Gasteiger partial charge in [-0.05, 0) is 48.4 Å². The van der Waals surface area contributed by atoms with Gasteiger partial charge in [-0.1, -0.05) is 15.9 Å². The highest BCUT2D eigenvalue weighted by molar-refractivity contribution is 9.10. The number of halogens is 1. The van der Waals surface area contributed by atoms with Crippen molar-refractivity contribution in [2.24, 2.45) is 0 Å².